The van der Waals surface area contributed by atoms with Crippen LogP contribution in [0.1, 0.15) is 32.3 Å². The summed E-state index contributed by atoms with van der Waals surface area (Å²) in [5.74, 6) is 0.356. The van der Waals surface area contributed by atoms with E-state index in [0.29, 0.717) is 11.8 Å². The van der Waals surface area contributed by atoms with Crippen molar-refractivity contribution in [1.82, 2.24) is 5.32 Å². The fourth-order valence-corrected chi connectivity index (χ4v) is 2.50. The lowest BCUT2D eigenvalue weighted by Gasteiger charge is -2.44. The third-order valence-corrected chi connectivity index (χ3v) is 3.66. The maximum atomic E-state index is 13.3. The molecule has 1 saturated carbocycles. The first-order chi connectivity index (χ1) is 9.65. The minimum absolute atomic E-state index is 0.00565. The quantitative estimate of drug-likeness (QED) is 0.833. The van der Waals surface area contributed by atoms with E-state index >= 15 is 0 Å². The Bertz CT molecular complexity index is 438. The molecule has 1 aromatic carbocycles. The van der Waals surface area contributed by atoms with Gasteiger partial charge >= 0.3 is 0 Å². The van der Waals surface area contributed by atoms with Gasteiger partial charge in [0.25, 0.3) is 0 Å². The smallest absolute Gasteiger partial charge is 0.128 e. The third-order valence-electron chi connectivity index (χ3n) is 3.66. The summed E-state index contributed by atoms with van der Waals surface area (Å²) in [7, 11) is 0. The number of hydrogen-bond acceptors (Lipinski definition) is 3. The molecule has 1 aromatic rings. The molecule has 20 heavy (non-hydrogen) atoms. The first-order valence-corrected chi connectivity index (χ1v) is 7.43. The highest BCUT2D eigenvalue weighted by Gasteiger charge is 2.43. The van der Waals surface area contributed by atoms with E-state index < -0.39 is 0 Å². The van der Waals surface area contributed by atoms with E-state index in [4.69, 9.17) is 9.47 Å². The van der Waals surface area contributed by atoms with Crippen LogP contribution in [-0.2, 0) is 4.74 Å². The molecule has 0 saturated heterocycles. The van der Waals surface area contributed by atoms with Crippen LogP contribution in [0.2, 0.25) is 0 Å². The maximum Gasteiger partial charge on any atom is 0.128 e. The van der Waals surface area contributed by atoms with Crippen LogP contribution in [0.15, 0.2) is 18.2 Å². The molecule has 0 radical (unpaired) electrons. The summed E-state index contributed by atoms with van der Waals surface area (Å²) in [5, 5.41) is 3.40. The van der Waals surface area contributed by atoms with Crippen LogP contribution in [-0.4, -0.2) is 31.4 Å². The predicted molar refractivity (Wildman–Crippen MR) is 77.7 cm³/mol. The average Bonchev–Trinajstić information content (AvgIpc) is 2.41. The second-order valence-corrected chi connectivity index (χ2v) is 5.30. The molecule has 1 aliphatic rings. The van der Waals surface area contributed by atoms with Crippen LogP contribution < -0.4 is 10.1 Å². The number of halogens is 1. The van der Waals surface area contributed by atoms with Crippen LogP contribution in [0.25, 0.3) is 0 Å². The molecular weight excluding hydrogens is 257 g/mol. The largest absolute Gasteiger partial charge is 0.487 e. The van der Waals surface area contributed by atoms with Gasteiger partial charge in [-0.05, 0) is 31.5 Å². The van der Waals surface area contributed by atoms with Gasteiger partial charge in [0.15, 0.2) is 0 Å². The summed E-state index contributed by atoms with van der Waals surface area (Å²) in [5.41, 5.74) is 0.951. The Hall–Kier alpha value is -1.13. The van der Waals surface area contributed by atoms with Gasteiger partial charge in [-0.3, -0.25) is 0 Å². The van der Waals surface area contributed by atoms with E-state index in [0.717, 1.165) is 31.6 Å². The highest BCUT2D eigenvalue weighted by Crippen LogP contribution is 2.31. The highest BCUT2D eigenvalue weighted by atomic mass is 19.1. The molecule has 1 N–H and O–H groups in total. The molecule has 112 valence electrons. The minimum Gasteiger partial charge on any atom is -0.487 e. The van der Waals surface area contributed by atoms with Gasteiger partial charge in [-0.1, -0.05) is 19.9 Å². The number of likely N-dealkylation sites (N-methyl/N-ethyl adjacent to an activating group) is 1. The van der Waals surface area contributed by atoms with Gasteiger partial charge in [0.1, 0.15) is 23.8 Å². The van der Waals surface area contributed by atoms with E-state index in [1.54, 1.807) is 6.07 Å². The van der Waals surface area contributed by atoms with Gasteiger partial charge in [0.2, 0.25) is 0 Å². The number of nitrogens with one attached hydrogen (secondary N) is 1. The van der Waals surface area contributed by atoms with Crippen LogP contribution in [0.4, 0.5) is 4.39 Å². The van der Waals surface area contributed by atoms with Crippen molar-refractivity contribution in [3.63, 3.8) is 0 Å². The predicted octanol–water partition coefficient (Wildman–Crippen LogP) is 3.06. The molecule has 3 nitrogen and oxygen atoms in total. The van der Waals surface area contributed by atoms with Crippen LogP contribution in [0, 0.1) is 12.7 Å². The third kappa shape index (κ3) is 3.49. The first-order valence-electron chi connectivity index (χ1n) is 7.43. The average molecular weight is 281 g/mol. The Balaban J connectivity index is 1.99. The van der Waals surface area contributed by atoms with Gasteiger partial charge in [-0.15, -0.1) is 0 Å². The fraction of sp³-hybridized carbons (Fsp3) is 0.625. The molecule has 0 bridgehead atoms. The summed E-state index contributed by atoms with van der Waals surface area (Å²) in [4.78, 5) is 0. The lowest BCUT2D eigenvalue weighted by atomic mass is 9.85. The summed E-state index contributed by atoms with van der Waals surface area (Å²) in [6.45, 7) is 7.75. The first kappa shape index (κ1) is 15.3. The standard InChI is InChI=1S/C16H24FNO2/c1-4-8-19-16-13(18-5-2)10-15(16)20-14-9-12(17)7-6-11(14)3/h6-7,9,13,15-16,18H,4-5,8,10H2,1-3H3. The Morgan fingerprint density at radius 3 is 2.85 bits per heavy atom. The van der Waals surface area contributed by atoms with Crippen molar-refractivity contribution in [2.24, 2.45) is 0 Å². The van der Waals surface area contributed by atoms with Crippen molar-refractivity contribution >= 4 is 0 Å². The highest BCUT2D eigenvalue weighted by molar-refractivity contribution is 5.33. The zero-order valence-electron chi connectivity index (χ0n) is 12.5. The topological polar surface area (TPSA) is 30.5 Å². The van der Waals surface area contributed by atoms with E-state index in [-0.39, 0.29) is 18.0 Å². The fourth-order valence-electron chi connectivity index (χ4n) is 2.50. The van der Waals surface area contributed by atoms with Crippen LogP contribution in [0.5, 0.6) is 5.75 Å². The zero-order valence-corrected chi connectivity index (χ0v) is 12.5. The van der Waals surface area contributed by atoms with Crippen LogP contribution in [0.3, 0.4) is 0 Å². The molecule has 0 heterocycles. The number of aryl methyl sites for hydroxylation is 1. The van der Waals surface area contributed by atoms with Crippen LogP contribution >= 0.6 is 0 Å². The second kappa shape index (κ2) is 7.04. The maximum absolute atomic E-state index is 13.3. The number of rotatable bonds is 7. The lowest BCUT2D eigenvalue weighted by molar-refractivity contribution is -0.107. The van der Waals surface area contributed by atoms with Crippen molar-refractivity contribution in [1.29, 1.82) is 0 Å². The lowest BCUT2D eigenvalue weighted by Crippen LogP contribution is -2.61. The Morgan fingerprint density at radius 2 is 2.15 bits per heavy atom. The van der Waals surface area contributed by atoms with Gasteiger partial charge in [-0.2, -0.15) is 0 Å². The molecule has 3 atom stereocenters. The van der Waals surface area contributed by atoms with E-state index in [1.807, 2.05) is 6.92 Å². The van der Waals surface area contributed by atoms with Crippen molar-refractivity contribution < 1.29 is 13.9 Å². The summed E-state index contributed by atoms with van der Waals surface area (Å²) in [6, 6.07) is 4.99. The molecule has 1 aliphatic carbocycles. The summed E-state index contributed by atoms with van der Waals surface area (Å²) >= 11 is 0. The molecule has 2 rings (SSSR count). The molecular formula is C16H24FNO2. The van der Waals surface area contributed by atoms with Crippen molar-refractivity contribution in [2.75, 3.05) is 13.2 Å². The second-order valence-electron chi connectivity index (χ2n) is 5.30. The summed E-state index contributed by atoms with van der Waals surface area (Å²) in [6.07, 6.45) is 1.95. The van der Waals surface area contributed by atoms with Gasteiger partial charge in [0.05, 0.1) is 0 Å². The Morgan fingerprint density at radius 1 is 1.35 bits per heavy atom. The molecule has 4 heteroatoms. The number of benzene rings is 1. The van der Waals surface area contributed by atoms with E-state index in [2.05, 4.69) is 19.2 Å². The van der Waals surface area contributed by atoms with Gasteiger partial charge in [0, 0.05) is 25.1 Å². The Labute approximate surface area is 120 Å². The zero-order chi connectivity index (χ0) is 14.5. The molecule has 1 fully saturated rings. The van der Waals surface area contributed by atoms with Crippen molar-refractivity contribution in [3.05, 3.63) is 29.6 Å². The van der Waals surface area contributed by atoms with Gasteiger partial charge < -0.3 is 14.8 Å². The Kier molecular flexibility index (Phi) is 5.38. The summed E-state index contributed by atoms with van der Waals surface area (Å²) < 4.78 is 25.1. The SMILES string of the molecule is CCCOC1C(NCC)CC1Oc1cc(F)ccc1C. The molecule has 0 amide bonds. The van der Waals surface area contributed by atoms with Gasteiger partial charge in [-0.25, -0.2) is 4.39 Å². The van der Waals surface area contributed by atoms with E-state index in [1.165, 1.54) is 12.1 Å². The number of ether oxygens (including phenoxy) is 2. The monoisotopic (exact) mass is 281 g/mol. The molecule has 0 spiro atoms. The molecule has 0 aromatic heterocycles. The van der Waals surface area contributed by atoms with E-state index in [9.17, 15) is 4.39 Å². The normalized spacial score (nSPS) is 25.3. The molecule has 0 aliphatic heterocycles. The van der Waals surface area contributed by atoms with Crippen molar-refractivity contribution in [3.8, 4) is 5.75 Å². The van der Waals surface area contributed by atoms with Crippen molar-refractivity contribution in [2.45, 2.75) is 51.9 Å². The molecule has 3 unspecified atom stereocenters. The number of hydrogen-bond donors (Lipinski definition) is 1. The minimum atomic E-state index is -0.265.